The summed E-state index contributed by atoms with van der Waals surface area (Å²) in [5.74, 6) is -2.50. The molecule has 0 heterocycles. The largest absolute Gasteiger partial charge is 1.00 e. The van der Waals surface area contributed by atoms with Crippen LogP contribution in [0.4, 0.5) is 0 Å². The maximum absolute atomic E-state index is 11.1. The third-order valence-corrected chi connectivity index (χ3v) is 2.64. The molecule has 0 rings (SSSR count). The Balaban J connectivity index is -0.000000141. The van der Waals surface area contributed by atoms with Crippen molar-refractivity contribution in [3.05, 3.63) is 0 Å². The Morgan fingerprint density at radius 2 is 1.44 bits per heavy atom. The predicted octanol–water partition coefficient (Wildman–Crippen LogP) is -3.78. The van der Waals surface area contributed by atoms with Gasteiger partial charge in [0.2, 0.25) is 0 Å². The van der Waals surface area contributed by atoms with Gasteiger partial charge >= 0.3 is 92.9 Å². The third kappa shape index (κ3) is 4.69. The van der Waals surface area contributed by atoms with E-state index in [0.717, 1.165) is 0 Å². The van der Waals surface area contributed by atoms with Gasteiger partial charge in [0, 0.05) is 0 Å². The molecule has 0 aromatic heterocycles. The number of carboxylic acids is 2. The average molecular weight is 266 g/mol. The molecule has 0 aromatic rings. The second-order valence-electron chi connectivity index (χ2n) is 4.52. The first kappa shape index (κ1) is 22.7. The van der Waals surface area contributed by atoms with Crippen LogP contribution in [-0.2, 0) is 9.59 Å². The van der Waals surface area contributed by atoms with Crippen LogP contribution in [0.3, 0.4) is 0 Å². The Bertz CT molecular complexity index is 243. The van der Waals surface area contributed by atoms with E-state index in [-0.39, 0.29) is 90.2 Å². The van der Waals surface area contributed by atoms with Gasteiger partial charge in [-0.2, -0.15) is 0 Å². The zero-order valence-electron chi connectivity index (χ0n) is 13.1. The summed E-state index contributed by atoms with van der Waals surface area (Å²) < 4.78 is 0. The molecule has 0 aliphatic heterocycles. The van der Waals surface area contributed by atoms with Crippen LogP contribution in [0.25, 0.3) is 0 Å². The number of carboxylic acid groups (broad SMARTS) is 2. The zero-order valence-corrected chi connectivity index (χ0v) is 16.2. The van der Waals surface area contributed by atoms with Crippen molar-refractivity contribution in [3.63, 3.8) is 0 Å². The summed E-state index contributed by atoms with van der Waals surface area (Å²) in [6.07, 6.45) is 0.692. The van der Waals surface area contributed by atoms with E-state index in [1.54, 1.807) is 27.7 Å². The van der Waals surface area contributed by atoms with Crippen molar-refractivity contribution in [3.8, 4) is 0 Å². The Hall–Kier alpha value is 1.58. The summed E-state index contributed by atoms with van der Waals surface area (Å²) in [6, 6.07) is 0. The van der Waals surface area contributed by atoms with Gasteiger partial charge in [0.1, 0.15) is 0 Å². The number of carbonyl (C=O) groups is 2. The fourth-order valence-electron chi connectivity index (χ4n) is 1.70. The van der Waals surface area contributed by atoms with Crippen molar-refractivity contribution in [2.75, 3.05) is 0 Å². The molecule has 0 unspecified atom stereocenters. The fraction of sp³-hybridized carbons (Fsp3) is 0.800. The minimum atomic E-state index is -1.68. The van der Waals surface area contributed by atoms with Crippen LogP contribution in [0, 0.1) is 10.8 Å². The van der Waals surface area contributed by atoms with E-state index < -0.39 is 22.8 Å². The van der Waals surface area contributed by atoms with E-state index in [0.29, 0.717) is 6.42 Å². The van der Waals surface area contributed by atoms with E-state index in [9.17, 15) is 9.59 Å². The molecule has 0 amide bonds. The molecule has 0 fully saturated rings. The van der Waals surface area contributed by atoms with Crippen LogP contribution < -0.4 is 80.9 Å². The van der Waals surface area contributed by atoms with Crippen LogP contribution in [0.15, 0.2) is 0 Å². The standard InChI is InChI=1S/C10H18O4.K.Na.2H/c1-5-6-10(7(11)12,8(13)14)9(2,3)4;;;;/h5-6H2,1-4H3,(H,11,12)(H,13,14);;;;/q;2*+1;2*-1. The summed E-state index contributed by atoms with van der Waals surface area (Å²) in [5, 5.41) is 18.2. The Morgan fingerprint density at radius 1 is 1.12 bits per heavy atom. The summed E-state index contributed by atoms with van der Waals surface area (Å²) in [5.41, 5.74) is -2.47. The maximum atomic E-state index is 11.1. The Labute approximate surface area is 164 Å². The van der Waals surface area contributed by atoms with Gasteiger partial charge in [-0.1, -0.05) is 34.1 Å². The van der Waals surface area contributed by atoms with E-state index >= 15 is 0 Å². The second kappa shape index (κ2) is 8.64. The van der Waals surface area contributed by atoms with E-state index in [2.05, 4.69) is 0 Å². The molecule has 0 saturated heterocycles. The van der Waals surface area contributed by atoms with Crippen LogP contribution in [0.1, 0.15) is 43.4 Å². The van der Waals surface area contributed by atoms with Crippen LogP contribution in [0.2, 0.25) is 0 Å². The Kier molecular flexibility index (Phi) is 12.3. The van der Waals surface area contributed by atoms with Crippen molar-refractivity contribution in [1.29, 1.82) is 0 Å². The van der Waals surface area contributed by atoms with Gasteiger partial charge in [0.25, 0.3) is 0 Å². The van der Waals surface area contributed by atoms with E-state index in [1.807, 2.05) is 0 Å². The monoisotopic (exact) mass is 266 g/mol. The predicted molar refractivity (Wildman–Crippen MR) is 54.3 cm³/mol. The molecular formula is C10H20KNaO4. The molecule has 6 heteroatoms. The van der Waals surface area contributed by atoms with Gasteiger partial charge in [-0.05, 0) is 11.8 Å². The minimum absolute atomic E-state index is 0. The topological polar surface area (TPSA) is 74.6 Å². The molecule has 0 spiro atoms. The van der Waals surface area contributed by atoms with Crippen LogP contribution in [-0.4, -0.2) is 22.2 Å². The van der Waals surface area contributed by atoms with Crippen molar-refractivity contribution in [1.82, 2.24) is 0 Å². The van der Waals surface area contributed by atoms with Gasteiger partial charge in [0.05, 0.1) is 0 Å². The number of hydrogen-bond acceptors (Lipinski definition) is 2. The SMILES string of the molecule is CCCC(C(=O)O)(C(=O)O)C(C)(C)C.[H-].[H-].[K+].[Na+]. The molecule has 0 aliphatic carbocycles. The van der Waals surface area contributed by atoms with Crippen molar-refractivity contribution in [2.45, 2.75) is 40.5 Å². The number of rotatable bonds is 4. The average Bonchev–Trinajstić information content (AvgIpc) is 1.95. The van der Waals surface area contributed by atoms with Gasteiger partial charge in [-0.25, -0.2) is 0 Å². The molecule has 0 saturated carbocycles. The first-order chi connectivity index (χ1) is 6.20. The molecule has 0 aromatic carbocycles. The van der Waals surface area contributed by atoms with E-state index in [4.69, 9.17) is 10.2 Å². The van der Waals surface area contributed by atoms with Crippen LogP contribution >= 0.6 is 0 Å². The Morgan fingerprint density at radius 3 is 1.50 bits per heavy atom. The van der Waals surface area contributed by atoms with Gasteiger partial charge in [0.15, 0.2) is 5.41 Å². The molecule has 0 bridgehead atoms. The van der Waals surface area contributed by atoms with Gasteiger partial charge < -0.3 is 13.1 Å². The molecule has 0 aliphatic rings. The smallest absolute Gasteiger partial charge is 1.00 e. The van der Waals surface area contributed by atoms with Crippen molar-refractivity contribution in [2.24, 2.45) is 10.8 Å². The molecule has 2 N–H and O–H groups in total. The maximum Gasteiger partial charge on any atom is 1.00 e. The van der Waals surface area contributed by atoms with E-state index in [1.165, 1.54) is 0 Å². The van der Waals surface area contributed by atoms with Gasteiger partial charge in [-0.15, -0.1) is 0 Å². The molecule has 0 radical (unpaired) electrons. The first-order valence-electron chi connectivity index (χ1n) is 4.67. The van der Waals surface area contributed by atoms with Crippen molar-refractivity contribution >= 4 is 11.9 Å². The first-order valence-corrected chi connectivity index (χ1v) is 4.67. The summed E-state index contributed by atoms with van der Waals surface area (Å²) in [6.45, 7) is 6.72. The summed E-state index contributed by atoms with van der Waals surface area (Å²) in [7, 11) is 0. The normalized spacial score (nSPS) is 11.0. The van der Waals surface area contributed by atoms with Crippen LogP contribution in [0.5, 0.6) is 0 Å². The quantitative estimate of drug-likeness (QED) is 0.405. The third-order valence-electron chi connectivity index (χ3n) is 2.64. The summed E-state index contributed by atoms with van der Waals surface area (Å²) >= 11 is 0. The number of hydrogen-bond donors (Lipinski definition) is 2. The van der Waals surface area contributed by atoms with Gasteiger partial charge in [-0.3, -0.25) is 9.59 Å². The minimum Gasteiger partial charge on any atom is -1.00 e. The summed E-state index contributed by atoms with van der Waals surface area (Å²) in [4.78, 5) is 22.2. The van der Waals surface area contributed by atoms with Crippen molar-refractivity contribution < 1.29 is 104 Å². The molecule has 16 heavy (non-hydrogen) atoms. The molecule has 0 atom stereocenters. The zero-order chi connectivity index (χ0) is 11.6. The molecular weight excluding hydrogens is 246 g/mol. The number of aliphatic carboxylic acids is 2. The second-order valence-corrected chi connectivity index (χ2v) is 4.52. The molecule has 4 nitrogen and oxygen atoms in total. The molecule has 86 valence electrons. The fourth-order valence-corrected chi connectivity index (χ4v) is 1.70.